The molecule has 0 bridgehead atoms. The predicted molar refractivity (Wildman–Crippen MR) is 287 cm³/mol. The second kappa shape index (κ2) is 22.3. The average Bonchev–Trinajstić information content (AvgIpc) is 3.24. The maximum Gasteiger partial charge on any atom is 0.308 e. The molecule has 0 unspecified atom stereocenters. The first kappa shape index (κ1) is 55.5. The predicted octanol–water partition coefficient (Wildman–Crippen LogP) is 12.6. The van der Waals surface area contributed by atoms with E-state index in [9.17, 15) is 9.59 Å². The van der Waals surface area contributed by atoms with E-state index in [1.807, 2.05) is 50.2 Å². The first-order valence-electron chi connectivity index (χ1n) is 25.0. The number of esters is 1. The minimum absolute atomic E-state index is 0.0598. The van der Waals surface area contributed by atoms with Gasteiger partial charge in [0, 0.05) is 36.7 Å². The average molecular weight is 984 g/mol. The lowest BCUT2D eigenvalue weighted by Gasteiger charge is -2.46. The molecular formula is C57H86O8Si3. The van der Waals surface area contributed by atoms with Crippen molar-refractivity contribution in [1.29, 1.82) is 0 Å². The van der Waals surface area contributed by atoms with E-state index in [-0.39, 0.29) is 58.9 Å². The summed E-state index contributed by atoms with van der Waals surface area (Å²) in [5.74, 6) is 0.519. The van der Waals surface area contributed by atoms with E-state index in [1.165, 1.54) is 5.57 Å². The van der Waals surface area contributed by atoms with E-state index in [2.05, 4.69) is 155 Å². The maximum absolute atomic E-state index is 15.0. The number of ketones is 1. The summed E-state index contributed by atoms with van der Waals surface area (Å²) in [6, 6.07) is 28.8. The number of carbonyl (C=O) groups is 2. The maximum atomic E-state index is 15.0. The Hall–Kier alpha value is -3.43. The summed E-state index contributed by atoms with van der Waals surface area (Å²) in [6.07, 6.45) is 5.26. The zero-order valence-electron chi connectivity index (χ0n) is 44.6. The van der Waals surface area contributed by atoms with Crippen LogP contribution in [-0.2, 0) is 39.3 Å². The second-order valence-corrected chi connectivity index (χ2v) is 38.5. The fourth-order valence-corrected chi connectivity index (χ4v) is 16.7. The van der Waals surface area contributed by atoms with Crippen LogP contribution in [0.4, 0.5) is 0 Å². The summed E-state index contributed by atoms with van der Waals surface area (Å²) < 4.78 is 39.5. The smallest absolute Gasteiger partial charge is 0.308 e. The summed E-state index contributed by atoms with van der Waals surface area (Å²) in [4.78, 5) is 28.7. The molecule has 0 spiro atoms. The molecule has 8 nitrogen and oxygen atoms in total. The van der Waals surface area contributed by atoms with Crippen LogP contribution in [0.5, 0.6) is 5.75 Å². The number of hydrogen-bond acceptors (Lipinski definition) is 8. The van der Waals surface area contributed by atoms with Crippen molar-refractivity contribution in [2.45, 2.75) is 188 Å². The van der Waals surface area contributed by atoms with E-state index in [0.717, 1.165) is 28.1 Å². The fourth-order valence-electron chi connectivity index (χ4n) is 9.34. The number of Topliss-reactive ketones (excluding diaryl/α,β-unsaturated/α-hetero) is 1. The molecule has 5 atom stereocenters. The lowest BCUT2D eigenvalue weighted by molar-refractivity contribution is -0.165. The molecule has 374 valence electrons. The number of hydrogen-bond donors (Lipinski definition) is 0. The molecular weight excluding hydrogens is 897 g/mol. The molecule has 11 heteroatoms. The Morgan fingerprint density at radius 2 is 1.35 bits per heavy atom. The highest BCUT2D eigenvalue weighted by atomic mass is 28.4. The highest BCUT2D eigenvalue weighted by molar-refractivity contribution is 6.99. The van der Waals surface area contributed by atoms with Crippen LogP contribution in [0.25, 0.3) is 0 Å². The lowest BCUT2D eigenvalue weighted by Crippen LogP contribution is -2.68. The third kappa shape index (κ3) is 14.8. The summed E-state index contributed by atoms with van der Waals surface area (Å²) in [5, 5.41) is 2.19. The van der Waals surface area contributed by atoms with Crippen LogP contribution >= 0.6 is 0 Å². The van der Waals surface area contributed by atoms with Gasteiger partial charge in [-0.15, -0.1) is 0 Å². The third-order valence-corrected chi connectivity index (χ3v) is 25.2. The van der Waals surface area contributed by atoms with Crippen molar-refractivity contribution >= 4 is 46.8 Å². The van der Waals surface area contributed by atoms with E-state index in [4.69, 9.17) is 27.8 Å². The van der Waals surface area contributed by atoms with Gasteiger partial charge in [-0.25, -0.2) is 0 Å². The minimum Gasteiger partial charge on any atom is -0.497 e. The number of methoxy groups -OCH3 is 1. The van der Waals surface area contributed by atoms with Crippen LogP contribution in [0.3, 0.4) is 0 Å². The SMILES string of the molecule is COc1ccc(CO[C@@H](C[C@H]2C[C@@H](O[Si](c3ccccc3)(c3ccccc3)C(C)(C)C)CC(=O)O2)C(C)(C)C(=O)C[C@@H]2C/C(=C/[Si](C)(C)C)C[C@H](/C=C/C(C)(C)CO[Si](C)(C)C(C)(C)C)O2)cc1. The quantitative estimate of drug-likeness (QED) is 0.0628. The summed E-state index contributed by atoms with van der Waals surface area (Å²) in [6.45, 7) is 34.6. The Bertz CT molecular complexity index is 2120. The normalized spacial score (nSPS) is 21.5. The Kier molecular flexibility index (Phi) is 18.2. The molecule has 5 rings (SSSR count). The van der Waals surface area contributed by atoms with Gasteiger partial charge >= 0.3 is 5.97 Å². The van der Waals surface area contributed by atoms with E-state index < -0.39 is 48.4 Å². The molecule has 0 aromatic heterocycles. The Morgan fingerprint density at radius 1 is 0.765 bits per heavy atom. The van der Waals surface area contributed by atoms with Crippen molar-refractivity contribution in [3.63, 3.8) is 0 Å². The van der Waals surface area contributed by atoms with Crippen molar-refractivity contribution < 1.29 is 37.4 Å². The molecule has 0 aliphatic carbocycles. The van der Waals surface area contributed by atoms with Crippen molar-refractivity contribution in [1.82, 2.24) is 0 Å². The van der Waals surface area contributed by atoms with Gasteiger partial charge in [0.25, 0.3) is 8.32 Å². The van der Waals surface area contributed by atoms with Crippen molar-refractivity contribution in [3.8, 4) is 5.75 Å². The molecule has 2 aliphatic rings. The molecule has 3 aromatic carbocycles. The molecule has 2 saturated heterocycles. The minimum atomic E-state index is -2.97. The van der Waals surface area contributed by atoms with Crippen LogP contribution in [0, 0.1) is 10.8 Å². The van der Waals surface area contributed by atoms with Crippen LogP contribution < -0.4 is 15.1 Å². The Labute approximate surface area is 414 Å². The monoisotopic (exact) mass is 983 g/mol. The lowest BCUT2D eigenvalue weighted by atomic mass is 9.76. The number of rotatable bonds is 20. The van der Waals surface area contributed by atoms with Crippen molar-refractivity contribution in [3.05, 3.63) is 114 Å². The van der Waals surface area contributed by atoms with Crippen LogP contribution in [-0.4, -0.2) is 80.7 Å². The zero-order chi connectivity index (χ0) is 50.3. The van der Waals surface area contributed by atoms with Gasteiger partial charge in [0.2, 0.25) is 0 Å². The summed E-state index contributed by atoms with van der Waals surface area (Å²) in [5.41, 5.74) is 3.67. The molecule has 2 aliphatic heterocycles. The van der Waals surface area contributed by atoms with Crippen LogP contribution in [0.2, 0.25) is 42.8 Å². The van der Waals surface area contributed by atoms with Gasteiger partial charge in [0.15, 0.2) is 8.32 Å². The van der Waals surface area contributed by atoms with Crippen molar-refractivity contribution in [2.75, 3.05) is 13.7 Å². The highest BCUT2D eigenvalue weighted by Gasteiger charge is 2.53. The molecule has 2 fully saturated rings. The third-order valence-electron chi connectivity index (χ3n) is 14.3. The van der Waals surface area contributed by atoms with Gasteiger partial charge in [-0.3, -0.25) is 9.59 Å². The van der Waals surface area contributed by atoms with Gasteiger partial charge in [0.1, 0.15) is 17.6 Å². The number of benzene rings is 3. The fraction of sp³-hybridized carbons (Fsp3) is 0.579. The molecule has 0 amide bonds. The first-order valence-corrected chi connectivity index (χ1v) is 33.4. The standard InChI is InChI=1S/C57H86O8Si3/c1-54(2,3)67(15,16)62-41-56(7,8)32-31-45-33-43(40-66(12,13)14)34-46(63-45)36-51(58)57(9,10)52(61-39-42-27-29-44(60-11)30-28-42)37-47-35-48(38-53(59)64-47)65-68(55(4,5)6,49-23-19-17-20-24-49)50-25-21-18-22-26-50/h17-32,40,45-48,52H,33-39,41H2,1-16H3/b32-31+,43-40+/t45-,46-,47+,48+,52-/m0/s1. The van der Waals surface area contributed by atoms with E-state index in [1.54, 1.807) is 7.11 Å². The van der Waals surface area contributed by atoms with Crippen LogP contribution in [0.15, 0.2) is 108 Å². The molecule has 68 heavy (non-hydrogen) atoms. The van der Waals surface area contributed by atoms with Gasteiger partial charge < -0.3 is 27.8 Å². The van der Waals surface area contributed by atoms with E-state index in [0.29, 0.717) is 25.9 Å². The second-order valence-electron chi connectivity index (χ2n) is 24.5. The first-order chi connectivity index (χ1) is 31.5. The molecule has 2 heterocycles. The van der Waals surface area contributed by atoms with Gasteiger partial charge in [0.05, 0.1) is 52.6 Å². The van der Waals surface area contributed by atoms with Crippen molar-refractivity contribution in [2.24, 2.45) is 10.8 Å². The Balaban J connectivity index is 1.41. The number of cyclic esters (lactones) is 1. The van der Waals surface area contributed by atoms with E-state index >= 15 is 0 Å². The summed E-state index contributed by atoms with van der Waals surface area (Å²) >= 11 is 0. The molecule has 3 aromatic rings. The van der Waals surface area contributed by atoms with Gasteiger partial charge in [-0.2, -0.15) is 0 Å². The summed E-state index contributed by atoms with van der Waals surface area (Å²) in [7, 11) is -4.83. The van der Waals surface area contributed by atoms with Gasteiger partial charge in [-0.1, -0.05) is 185 Å². The molecule has 0 saturated carbocycles. The molecule has 0 radical (unpaired) electrons. The van der Waals surface area contributed by atoms with Gasteiger partial charge in [-0.05, 0) is 64.1 Å². The topological polar surface area (TPSA) is 89.5 Å². The Morgan fingerprint density at radius 3 is 1.88 bits per heavy atom. The number of ether oxygens (including phenoxy) is 4. The van der Waals surface area contributed by atoms with Crippen LogP contribution in [0.1, 0.15) is 113 Å². The molecule has 0 N–H and O–H groups in total. The highest BCUT2D eigenvalue weighted by Crippen LogP contribution is 2.42. The zero-order valence-corrected chi connectivity index (χ0v) is 47.6. The largest absolute Gasteiger partial charge is 0.497 e. The number of carbonyl (C=O) groups excluding carboxylic acids is 2.